The highest BCUT2D eigenvalue weighted by atomic mass is 79.9. The Hall–Kier alpha value is -2.08. The number of aromatic nitrogens is 1. The summed E-state index contributed by atoms with van der Waals surface area (Å²) in [6, 6.07) is 9.39. The molecule has 110 valence electrons. The molecule has 0 spiro atoms. The van der Waals surface area contributed by atoms with Crippen molar-refractivity contribution in [3.05, 3.63) is 46.6 Å². The Balaban J connectivity index is 2.33. The third-order valence-electron chi connectivity index (χ3n) is 2.97. The third kappa shape index (κ3) is 3.52. The first-order valence-corrected chi connectivity index (χ1v) is 7.23. The average molecular weight is 349 g/mol. The minimum absolute atomic E-state index is 0.206. The van der Waals surface area contributed by atoms with E-state index >= 15 is 0 Å². The average Bonchev–Trinajstić information content (AvgIpc) is 2.47. The van der Waals surface area contributed by atoms with E-state index in [0.29, 0.717) is 11.4 Å². The van der Waals surface area contributed by atoms with Crippen molar-refractivity contribution in [1.82, 2.24) is 4.98 Å². The van der Waals surface area contributed by atoms with Gasteiger partial charge in [0.25, 0.3) is 5.91 Å². The highest BCUT2D eigenvalue weighted by Crippen LogP contribution is 2.25. The molecule has 2 aromatic rings. The number of pyridine rings is 1. The molecule has 0 aliphatic heterocycles. The minimum atomic E-state index is -0.206. The molecule has 0 saturated carbocycles. The van der Waals surface area contributed by atoms with Gasteiger partial charge in [0.05, 0.1) is 16.9 Å². The maximum Gasteiger partial charge on any atom is 0.259 e. The summed E-state index contributed by atoms with van der Waals surface area (Å²) >= 11 is 3.34. The van der Waals surface area contributed by atoms with Crippen molar-refractivity contribution in [3.8, 4) is 0 Å². The predicted octanol–water partition coefficient (Wildman–Crippen LogP) is 3.20. The third-order valence-corrected chi connectivity index (χ3v) is 3.40. The molecule has 0 aliphatic rings. The lowest BCUT2D eigenvalue weighted by atomic mass is 10.2. The molecule has 5 nitrogen and oxygen atoms in total. The minimum Gasteiger partial charge on any atom is -0.376 e. The van der Waals surface area contributed by atoms with Gasteiger partial charge in [-0.25, -0.2) is 4.98 Å². The number of nitrogens with zero attached hydrogens (tertiary/aromatic N) is 2. The number of para-hydroxylation sites is 2. The van der Waals surface area contributed by atoms with E-state index in [2.05, 4.69) is 31.5 Å². The highest BCUT2D eigenvalue weighted by molar-refractivity contribution is 9.10. The fraction of sp³-hybridized carbons (Fsp3) is 0.200. The first-order valence-electron chi connectivity index (χ1n) is 6.44. The maximum atomic E-state index is 12.5. The molecular weight excluding hydrogens is 332 g/mol. The second-order valence-electron chi connectivity index (χ2n) is 4.67. The summed E-state index contributed by atoms with van der Waals surface area (Å²) in [5, 5.41) is 5.85. The Bertz CT molecular complexity index is 658. The molecule has 0 radical (unpaired) electrons. The van der Waals surface area contributed by atoms with Crippen LogP contribution in [0.2, 0.25) is 0 Å². The molecule has 0 saturated heterocycles. The van der Waals surface area contributed by atoms with E-state index in [1.165, 1.54) is 0 Å². The zero-order chi connectivity index (χ0) is 15.4. The largest absolute Gasteiger partial charge is 0.376 e. The SMILES string of the molecule is CNc1ncc(Br)cc1C(=O)Nc1ccccc1N(C)C. The van der Waals surface area contributed by atoms with Gasteiger partial charge in [0.15, 0.2) is 0 Å². The Morgan fingerprint density at radius 2 is 2.00 bits per heavy atom. The van der Waals surface area contributed by atoms with E-state index in [4.69, 9.17) is 0 Å². The fourth-order valence-corrected chi connectivity index (χ4v) is 2.30. The molecule has 0 unspecified atom stereocenters. The Morgan fingerprint density at radius 1 is 1.29 bits per heavy atom. The van der Waals surface area contributed by atoms with Crippen molar-refractivity contribution in [2.75, 3.05) is 36.7 Å². The molecule has 0 atom stereocenters. The topological polar surface area (TPSA) is 57.3 Å². The summed E-state index contributed by atoms with van der Waals surface area (Å²) in [5.74, 6) is 0.334. The Morgan fingerprint density at radius 3 is 2.67 bits per heavy atom. The summed E-state index contributed by atoms with van der Waals surface area (Å²) in [6.45, 7) is 0. The lowest BCUT2D eigenvalue weighted by Gasteiger charge is -2.18. The van der Waals surface area contributed by atoms with Crippen LogP contribution in [-0.2, 0) is 0 Å². The number of carbonyl (C=O) groups excluding carboxylic acids is 1. The van der Waals surface area contributed by atoms with Gasteiger partial charge in [-0.1, -0.05) is 12.1 Å². The highest BCUT2D eigenvalue weighted by Gasteiger charge is 2.14. The van der Waals surface area contributed by atoms with Crippen molar-refractivity contribution >= 4 is 39.0 Å². The van der Waals surface area contributed by atoms with Crippen LogP contribution in [-0.4, -0.2) is 32.0 Å². The van der Waals surface area contributed by atoms with Crippen molar-refractivity contribution < 1.29 is 4.79 Å². The van der Waals surface area contributed by atoms with Gasteiger partial charge >= 0.3 is 0 Å². The Kier molecular flexibility index (Phi) is 4.80. The summed E-state index contributed by atoms with van der Waals surface area (Å²) in [4.78, 5) is 18.6. The number of rotatable bonds is 4. The van der Waals surface area contributed by atoms with Crippen molar-refractivity contribution in [2.45, 2.75) is 0 Å². The van der Waals surface area contributed by atoms with Crippen LogP contribution in [0.1, 0.15) is 10.4 Å². The molecule has 0 aliphatic carbocycles. The van der Waals surface area contributed by atoms with E-state index < -0.39 is 0 Å². The van der Waals surface area contributed by atoms with E-state index in [9.17, 15) is 4.79 Å². The number of halogens is 1. The Labute approximate surface area is 132 Å². The maximum absolute atomic E-state index is 12.5. The molecule has 1 aromatic carbocycles. The van der Waals surface area contributed by atoms with Crippen LogP contribution in [0.3, 0.4) is 0 Å². The molecule has 1 heterocycles. The van der Waals surface area contributed by atoms with Crippen molar-refractivity contribution in [1.29, 1.82) is 0 Å². The zero-order valence-corrected chi connectivity index (χ0v) is 13.7. The van der Waals surface area contributed by atoms with E-state index in [-0.39, 0.29) is 5.91 Å². The standard InChI is InChI=1S/C15H17BrN4O/c1-17-14-11(8-10(16)9-18-14)15(21)19-12-6-4-5-7-13(12)20(2)3/h4-9H,1-3H3,(H,17,18)(H,19,21). The number of anilines is 3. The molecule has 1 aromatic heterocycles. The fourth-order valence-electron chi connectivity index (χ4n) is 1.97. The van der Waals surface area contributed by atoms with Crippen LogP contribution < -0.4 is 15.5 Å². The lowest BCUT2D eigenvalue weighted by molar-refractivity contribution is 0.102. The van der Waals surface area contributed by atoms with Gasteiger partial charge in [0.2, 0.25) is 0 Å². The van der Waals surface area contributed by atoms with Crippen molar-refractivity contribution in [3.63, 3.8) is 0 Å². The van der Waals surface area contributed by atoms with Gasteiger partial charge in [-0.3, -0.25) is 4.79 Å². The number of hydrogen-bond donors (Lipinski definition) is 2. The number of benzene rings is 1. The van der Waals surface area contributed by atoms with E-state index in [1.807, 2.05) is 43.3 Å². The van der Waals surface area contributed by atoms with Crippen LogP contribution in [0.4, 0.5) is 17.2 Å². The van der Waals surface area contributed by atoms with Crippen molar-refractivity contribution in [2.24, 2.45) is 0 Å². The number of nitrogens with one attached hydrogen (secondary N) is 2. The molecule has 2 N–H and O–H groups in total. The van der Waals surface area contributed by atoms with Gasteiger partial charge in [0.1, 0.15) is 5.82 Å². The number of amides is 1. The molecule has 21 heavy (non-hydrogen) atoms. The van der Waals surface area contributed by atoms with Gasteiger partial charge in [0, 0.05) is 31.8 Å². The summed E-state index contributed by atoms with van der Waals surface area (Å²) in [6.07, 6.45) is 1.65. The quantitative estimate of drug-likeness (QED) is 0.890. The van der Waals surface area contributed by atoms with E-state index in [1.54, 1.807) is 19.3 Å². The second kappa shape index (κ2) is 6.58. The first kappa shape index (κ1) is 15.3. The lowest BCUT2D eigenvalue weighted by Crippen LogP contribution is -2.18. The van der Waals surface area contributed by atoms with Crippen LogP contribution in [0, 0.1) is 0 Å². The monoisotopic (exact) mass is 348 g/mol. The van der Waals surface area contributed by atoms with Gasteiger partial charge in [-0.2, -0.15) is 0 Å². The van der Waals surface area contributed by atoms with Gasteiger partial charge in [-0.05, 0) is 34.1 Å². The molecule has 0 bridgehead atoms. The number of carbonyl (C=O) groups is 1. The smallest absolute Gasteiger partial charge is 0.259 e. The van der Waals surface area contributed by atoms with E-state index in [0.717, 1.165) is 15.8 Å². The molecule has 2 rings (SSSR count). The number of hydrogen-bond acceptors (Lipinski definition) is 4. The molecule has 6 heteroatoms. The molecular formula is C15H17BrN4O. The second-order valence-corrected chi connectivity index (χ2v) is 5.58. The normalized spacial score (nSPS) is 10.1. The predicted molar refractivity (Wildman–Crippen MR) is 90.2 cm³/mol. The van der Waals surface area contributed by atoms with Crippen LogP contribution in [0.15, 0.2) is 41.0 Å². The van der Waals surface area contributed by atoms with Crippen LogP contribution in [0.5, 0.6) is 0 Å². The summed E-state index contributed by atoms with van der Waals surface area (Å²) < 4.78 is 0.757. The summed E-state index contributed by atoms with van der Waals surface area (Å²) in [5.41, 5.74) is 2.19. The van der Waals surface area contributed by atoms with Crippen LogP contribution >= 0.6 is 15.9 Å². The summed E-state index contributed by atoms with van der Waals surface area (Å²) in [7, 11) is 5.61. The first-order chi connectivity index (χ1) is 10.0. The molecule has 0 fully saturated rings. The van der Waals surface area contributed by atoms with Gasteiger partial charge < -0.3 is 15.5 Å². The zero-order valence-electron chi connectivity index (χ0n) is 12.1. The molecule has 1 amide bonds. The van der Waals surface area contributed by atoms with Crippen LogP contribution in [0.25, 0.3) is 0 Å². The van der Waals surface area contributed by atoms with Gasteiger partial charge in [-0.15, -0.1) is 0 Å².